The molecule has 90 valence electrons. The van der Waals surface area contributed by atoms with Gasteiger partial charge in [-0.3, -0.25) is 0 Å². The van der Waals surface area contributed by atoms with Crippen LogP contribution in [0.2, 0.25) is 0 Å². The van der Waals surface area contributed by atoms with Crippen LogP contribution in [0.1, 0.15) is 24.4 Å². The van der Waals surface area contributed by atoms with E-state index in [1.54, 1.807) is 14.2 Å². The van der Waals surface area contributed by atoms with Gasteiger partial charge in [0.2, 0.25) is 0 Å². The summed E-state index contributed by atoms with van der Waals surface area (Å²) in [5, 5.41) is 3.46. The zero-order chi connectivity index (χ0) is 10.7. The third kappa shape index (κ3) is 2.80. The van der Waals surface area contributed by atoms with Gasteiger partial charge >= 0.3 is 0 Å². The zero-order valence-corrected chi connectivity index (χ0v) is 10.5. The molecular weight excluding hydrogens is 226 g/mol. The molecule has 1 heterocycles. The van der Waals surface area contributed by atoms with Crippen molar-refractivity contribution in [3.8, 4) is 11.5 Å². The van der Waals surface area contributed by atoms with Crippen LogP contribution in [0.15, 0.2) is 18.2 Å². The number of halogens is 1. The van der Waals surface area contributed by atoms with Gasteiger partial charge in [0.05, 0.1) is 14.2 Å². The highest BCUT2D eigenvalue weighted by Crippen LogP contribution is 2.30. The average Bonchev–Trinajstić information content (AvgIpc) is 2.81. The largest absolute Gasteiger partial charge is 0.497 e. The summed E-state index contributed by atoms with van der Waals surface area (Å²) in [4.78, 5) is 0. The average molecular weight is 244 g/mol. The summed E-state index contributed by atoms with van der Waals surface area (Å²) in [6.07, 6.45) is 2.43. The first kappa shape index (κ1) is 13.1. The molecule has 0 bridgehead atoms. The van der Waals surface area contributed by atoms with Crippen LogP contribution in [-0.4, -0.2) is 20.8 Å². The fourth-order valence-electron chi connectivity index (χ4n) is 2.00. The van der Waals surface area contributed by atoms with Crippen molar-refractivity contribution in [2.45, 2.75) is 18.9 Å². The van der Waals surface area contributed by atoms with Gasteiger partial charge in [-0.2, -0.15) is 0 Å². The number of ether oxygens (including phenoxy) is 2. The molecule has 0 radical (unpaired) electrons. The zero-order valence-electron chi connectivity index (χ0n) is 9.66. The summed E-state index contributed by atoms with van der Waals surface area (Å²) < 4.78 is 10.5. The van der Waals surface area contributed by atoms with Crippen molar-refractivity contribution in [2.75, 3.05) is 20.8 Å². The molecule has 1 N–H and O–H groups in total. The van der Waals surface area contributed by atoms with E-state index in [9.17, 15) is 0 Å². The Kier molecular flexibility index (Phi) is 4.90. The molecule has 1 unspecified atom stereocenters. The summed E-state index contributed by atoms with van der Waals surface area (Å²) >= 11 is 0. The van der Waals surface area contributed by atoms with E-state index in [0.717, 1.165) is 18.0 Å². The molecule has 4 heteroatoms. The Morgan fingerprint density at radius 2 is 1.75 bits per heavy atom. The number of hydrogen-bond acceptors (Lipinski definition) is 3. The smallest absolute Gasteiger partial charge is 0.122 e. The van der Waals surface area contributed by atoms with Gasteiger partial charge in [-0.15, -0.1) is 12.4 Å². The first-order valence-electron chi connectivity index (χ1n) is 5.30. The molecule has 0 saturated carbocycles. The lowest BCUT2D eigenvalue weighted by atomic mass is 10.0. The third-order valence-electron chi connectivity index (χ3n) is 2.84. The highest BCUT2D eigenvalue weighted by atomic mass is 35.5. The van der Waals surface area contributed by atoms with Crippen molar-refractivity contribution in [2.24, 2.45) is 0 Å². The summed E-state index contributed by atoms with van der Waals surface area (Å²) in [7, 11) is 3.36. The van der Waals surface area contributed by atoms with Gasteiger partial charge < -0.3 is 14.8 Å². The van der Waals surface area contributed by atoms with Gasteiger partial charge in [-0.25, -0.2) is 0 Å². The van der Waals surface area contributed by atoms with E-state index < -0.39 is 0 Å². The molecule has 0 aliphatic carbocycles. The normalized spacial score (nSPS) is 19.0. The molecular formula is C12H18ClNO2. The minimum Gasteiger partial charge on any atom is -0.497 e. The first-order valence-corrected chi connectivity index (χ1v) is 5.30. The highest BCUT2D eigenvalue weighted by Gasteiger charge is 2.17. The number of rotatable bonds is 3. The quantitative estimate of drug-likeness (QED) is 0.885. The molecule has 0 aromatic heterocycles. The van der Waals surface area contributed by atoms with Crippen LogP contribution in [0.3, 0.4) is 0 Å². The summed E-state index contributed by atoms with van der Waals surface area (Å²) in [5.41, 5.74) is 1.25. The fraction of sp³-hybridized carbons (Fsp3) is 0.500. The second-order valence-corrected chi connectivity index (χ2v) is 3.79. The van der Waals surface area contributed by atoms with Gasteiger partial charge in [0.1, 0.15) is 11.5 Å². The molecule has 1 aliphatic heterocycles. The van der Waals surface area contributed by atoms with Crippen LogP contribution in [0, 0.1) is 0 Å². The minimum absolute atomic E-state index is 0. The Balaban J connectivity index is 0.00000128. The first-order chi connectivity index (χ1) is 7.33. The molecule has 16 heavy (non-hydrogen) atoms. The van der Waals surface area contributed by atoms with Crippen LogP contribution in [0.4, 0.5) is 0 Å². The van der Waals surface area contributed by atoms with Crippen molar-refractivity contribution in [1.82, 2.24) is 5.32 Å². The lowest BCUT2D eigenvalue weighted by molar-refractivity contribution is 0.392. The van der Waals surface area contributed by atoms with Crippen LogP contribution in [0.25, 0.3) is 0 Å². The molecule has 1 saturated heterocycles. The summed E-state index contributed by atoms with van der Waals surface area (Å²) in [5.74, 6) is 1.72. The number of nitrogens with one attached hydrogen (secondary N) is 1. The molecule has 1 aromatic carbocycles. The Morgan fingerprint density at radius 1 is 1.12 bits per heavy atom. The number of hydrogen-bond donors (Lipinski definition) is 1. The molecule has 1 fully saturated rings. The fourth-order valence-corrected chi connectivity index (χ4v) is 2.00. The molecule has 1 aromatic rings. The van der Waals surface area contributed by atoms with E-state index in [-0.39, 0.29) is 12.4 Å². The second kappa shape index (κ2) is 5.97. The molecule has 1 atom stereocenters. The van der Waals surface area contributed by atoms with Crippen molar-refractivity contribution in [3.63, 3.8) is 0 Å². The molecule has 0 spiro atoms. The van der Waals surface area contributed by atoms with E-state index in [1.807, 2.05) is 6.07 Å². The summed E-state index contributed by atoms with van der Waals surface area (Å²) in [6, 6.07) is 6.50. The Morgan fingerprint density at radius 3 is 2.19 bits per heavy atom. The van der Waals surface area contributed by atoms with E-state index >= 15 is 0 Å². The summed E-state index contributed by atoms with van der Waals surface area (Å²) in [6.45, 7) is 1.10. The van der Waals surface area contributed by atoms with Crippen LogP contribution < -0.4 is 14.8 Å². The van der Waals surface area contributed by atoms with Crippen LogP contribution in [-0.2, 0) is 0 Å². The van der Waals surface area contributed by atoms with E-state index in [1.165, 1.54) is 18.4 Å². The predicted octanol–water partition coefficient (Wildman–Crippen LogP) is 2.55. The minimum atomic E-state index is 0. The molecule has 0 amide bonds. The molecule has 1 aliphatic rings. The van der Waals surface area contributed by atoms with E-state index in [4.69, 9.17) is 9.47 Å². The van der Waals surface area contributed by atoms with Crippen LogP contribution in [0.5, 0.6) is 11.5 Å². The Hall–Kier alpha value is -0.930. The Bertz CT molecular complexity index is 316. The monoisotopic (exact) mass is 243 g/mol. The topological polar surface area (TPSA) is 30.5 Å². The lowest BCUT2D eigenvalue weighted by Crippen LogP contribution is -2.12. The standard InChI is InChI=1S/C12H17NO2.ClH/c1-14-10-6-9(7-11(8-10)15-2)12-4-3-5-13-12;/h6-8,12-13H,3-5H2,1-2H3;1H. The second-order valence-electron chi connectivity index (χ2n) is 3.79. The van der Waals surface area contributed by atoms with Crippen molar-refractivity contribution >= 4 is 12.4 Å². The number of benzene rings is 1. The highest BCUT2D eigenvalue weighted by molar-refractivity contribution is 5.85. The lowest BCUT2D eigenvalue weighted by Gasteiger charge is -2.13. The van der Waals surface area contributed by atoms with E-state index in [0.29, 0.717) is 6.04 Å². The third-order valence-corrected chi connectivity index (χ3v) is 2.84. The SMILES string of the molecule is COc1cc(OC)cc(C2CCCN2)c1.Cl. The van der Waals surface area contributed by atoms with Gasteiger partial charge in [0, 0.05) is 12.1 Å². The van der Waals surface area contributed by atoms with Crippen molar-refractivity contribution in [1.29, 1.82) is 0 Å². The van der Waals surface area contributed by atoms with Gasteiger partial charge in [0.15, 0.2) is 0 Å². The maximum absolute atomic E-state index is 5.25. The van der Waals surface area contributed by atoms with E-state index in [2.05, 4.69) is 17.4 Å². The van der Waals surface area contributed by atoms with Gasteiger partial charge in [-0.1, -0.05) is 0 Å². The van der Waals surface area contributed by atoms with Crippen molar-refractivity contribution < 1.29 is 9.47 Å². The maximum atomic E-state index is 5.25. The van der Waals surface area contributed by atoms with Gasteiger partial charge in [0.25, 0.3) is 0 Å². The molecule has 3 nitrogen and oxygen atoms in total. The maximum Gasteiger partial charge on any atom is 0.122 e. The molecule has 2 rings (SSSR count). The number of methoxy groups -OCH3 is 2. The van der Waals surface area contributed by atoms with Crippen molar-refractivity contribution in [3.05, 3.63) is 23.8 Å². The predicted molar refractivity (Wildman–Crippen MR) is 66.8 cm³/mol. The van der Waals surface area contributed by atoms with Crippen LogP contribution >= 0.6 is 12.4 Å². The van der Waals surface area contributed by atoms with Gasteiger partial charge in [-0.05, 0) is 37.1 Å². The Labute approximate surface area is 103 Å².